The topological polar surface area (TPSA) is 26.3 Å². The van der Waals surface area contributed by atoms with Crippen LogP contribution in [0, 0.1) is 13.8 Å². The highest BCUT2D eigenvalue weighted by atomic mass is 16.5. The minimum Gasteiger partial charge on any atom is -0.494 e. The Hall–Kier alpha value is -2.09. The average Bonchev–Trinajstić information content (AvgIpc) is 2.73. The van der Waals surface area contributed by atoms with Gasteiger partial charge in [-0.1, -0.05) is 82.4 Å². The van der Waals surface area contributed by atoms with Crippen LogP contribution in [-0.2, 0) is 0 Å². The molecule has 2 nitrogen and oxygen atoms in total. The smallest absolute Gasteiger partial charge is 0.193 e. The first-order valence-corrected chi connectivity index (χ1v) is 11.5. The van der Waals surface area contributed by atoms with Crippen molar-refractivity contribution < 1.29 is 9.53 Å². The predicted molar refractivity (Wildman–Crippen MR) is 123 cm³/mol. The van der Waals surface area contributed by atoms with Gasteiger partial charge in [0.15, 0.2) is 5.78 Å². The Bertz CT molecular complexity index is 731. The van der Waals surface area contributed by atoms with Crippen molar-refractivity contribution in [1.82, 2.24) is 0 Å². The largest absolute Gasteiger partial charge is 0.494 e. The quantitative estimate of drug-likeness (QED) is 0.241. The second-order valence-corrected chi connectivity index (χ2v) is 8.20. The van der Waals surface area contributed by atoms with Crippen molar-refractivity contribution in [3.05, 3.63) is 64.7 Å². The van der Waals surface area contributed by atoms with Crippen LogP contribution in [0.2, 0.25) is 0 Å². The predicted octanol–water partition coefficient (Wildman–Crippen LogP) is 7.83. The molecule has 0 unspecified atom stereocenters. The van der Waals surface area contributed by atoms with Gasteiger partial charge in [-0.05, 0) is 56.2 Å². The minimum atomic E-state index is 0.0763. The number of aryl methyl sites for hydroxylation is 2. The van der Waals surface area contributed by atoms with E-state index in [1.165, 1.54) is 57.8 Å². The number of unbranched alkanes of at least 4 members (excludes halogenated alkanes) is 9. The first-order chi connectivity index (χ1) is 14.1. The first-order valence-electron chi connectivity index (χ1n) is 11.5. The van der Waals surface area contributed by atoms with Gasteiger partial charge in [0.1, 0.15) is 5.75 Å². The van der Waals surface area contributed by atoms with Gasteiger partial charge in [-0.3, -0.25) is 4.79 Å². The molecule has 2 heteroatoms. The Labute approximate surface area is 177 Å². The van der Waals surface area contributed by atoms with Crippen LogP contribution in [0.5, 0.6) is 5.75 Å². The molecule has 0 saturated carbocycles. The van der Waals surface area contributed by atoms with Gasteiger partial charge < -0.3 is 4.74 Å². The molecule has 2 aromatic rings. The Balaban J connectivity index is 1.64. The fraction of sp³-hybridized carbons (Fsp3) is 0.519. The van der Waals surface area contributed by atoms with Gasteiger partial charge in [-0.15, -0.1) is 0 Å². The van der Waals surface area contributed by atoms with Gasteiger partial charge in [0.25, 0.3) is 0 Å². The summed E-state index contributed by atoms with van der Waals surface area (Å²) in [6.07, 6.45) is 13.3. The number of carbonyl (C=O) groups is 1. The molecule has 0 amide bonds. The Morgan fingerprint density at radius 1 is 0.759 bits per heavy atom. The first kappa shape index (κ1) is 23.2. The lowest BCUT2D eigenvalue weighted by atomic mass is 9.97. The molecular weight excluding hydrogens is 356 g/mol. The van der Waals surface area contributed by atoms with Gasteiger partial charge in [-0.2, -0.15) is 0 Å². The summed E-state index contributed by atoms with van der Waals surface area (Å²) < 4.78 is 5.85. The summed E-state index contributed by atoms with van der Waals surface area (Å²) in [5.41, 5.74) is 3.62. The van der Waals surface area contributed by atoms with E-state index in [9.17, 15) is 4.79 Å². The second-order valence-electron chi connectivity index (χ2n) is 8.20. The molecule has 2 rings (SSSR count). The van der Waals surface area contributed by atoms with E-state index < -0.39 is 0 Å². The van der Waals surface area contributed by atoms with Gasteiger partial charge in [-0.25, -0.2) is 0 Å². The van der Waals surface area contributed by atoms with Crippen molar-refractivity contribution >= 4 is 5.78 Å². The van der Waals surface area contributed by atoms with Crippen LogP contribution in [-0.4, -0.2) is 12.4 Å². The maximum absolute atomic E-state index is 12.7. The average molecular weight is 395 g/mol. The van der Waals surface area contributed by atoms with Crippen molar-refractivity contribution in [3.8, 4) is 5.75 Å². The van der Waals surface area contributed by atoms with Crippen LogP contribution in [0.15, 0.2) is 42.5 Å². The monoisotopic (exact) mass is 394 g/mol. The van der Waals surface area contributed by atoms with E-state index in [0.717, 1.165) is 35.5 Å². The van der Waals surface area contributed by atoms with E-state index in [1.807, 2.05) is 56.3 Å². The van der Waals surface area contributed by atoms with Crippen LogP contribution < -0.4 is 4.74 Å². The molecule has 0 N–H and O–H groups in total. The van der Waals surface area contributed by atoms with Crippen molar-refractivity contribution in [2.45, 2.75) is 85.0 Å². The molecule has 0 heterocycles. The number of rotatable bonds is 14. The van der Waals surface area contributed by atoms with Crippen molar-refractivity contribution in [2.75, 3.05) is 6.61 Å². The third kappa shape index (κ3) is 8.43. The molecule has 0 aliphatic heterocycles. The maximum Gasteiger partial charge on any atom is 0.193 e. The van der Waals surface area contributed by atoms with Gasteiger partial charge >= 0.3 is 0 Å². The lowest BCUT2D eigenvalue weighted by molar-refractivity contribution is 0.103. The molecule has 0 saturated heterocycles. The van der Waals surface area contributed by atoms with E-state index in [4.69, 9.17) is 4.74 Å². The fourth-order valence-corrected chi connectivity index (χ4v) is 3.62. The second kappa shape index (κ2) is 13.2. The highest BCUT2D eigenvalue weighted by molar-refractivity contribution is 6.10. The molecular formula is C27H38O2. The molecule has 0 atom stereocenters. The van der Waals surface area contributed by atoms with E-state index in [-0.39, 0.29) is 5.78 Å². The third-order valence-electron chi connectivity index (χ3n) is 5.52. The number of benzene rings is 2. The van der Waals surface area contributed by atoms with Gasteiger partial charge in [0.2, 0.25) is 0 Å². The van der Waals surface area contributed by atoms with Crippen LogP contribution in [0.1, 0.15) is 98.2 Å². The Kier molecular flexibility index (Phi) is 10.5. The molecule has 158 valence electrons. The Morgan fingerprint density at radius 2 is 1.34 bits per heavy atom. The summed E-state index contributed by atoms with van der Waals surface area (Å²) in [5, 5.41) is 0. The number of carbonyl (C=O) groups excluding carboxylic acids is 1. The van der Waals surface area contributed by atoms with Gasteiger partial charge in [0, 0.05) is 11.1 Å². The summed E-state index contributed by atoms with van der Waals surface area (Å²) in [4.78, 5) is 12.7. The molecule has 0 fully saturated rings. The standard InChI is InChI=1S/C27H38O2/c1-4-5-6-7-8-9-10-11-12-13-20-29-25-18-16-24(17-19-25)27(28)26-21-22(2)14-15-23(26)3/h14-19,21H,4-13,20H2,1-3H3. The van der Waals surface area contributed by atoms with Crippen LogP contribution in [0.4, 0.5) is 0 Å². The maximum atomic E-state index is 12.7. The lowest BCUT2D eigenvalue weighted by Gasteiger charge is -2.09. The lowest BCUT2D eigenvalue weighted by Crippen LogP contribution is -2.04. The summed E-state index contributed by atoms with van der Waals surface area (Å²) in [7, 11) is 0. The zero-order valence-electron chi connectivity index (χ0n) is 18.6. The molecule has 29 heavy (non-hydrogen) atoms. The Morgan fingerprint density at radius 3 is 1.97 bits per heavy atom. The summed E-state index contributed by atoms with van der Waals surface area (Å²) >= 11 is 0. The fourth-order valence-electron chi connectivity index (χ4n) is 3.62. The number of ether oxygens (including phenoxy) is 1. The zero-order chi connectivity index (χ0) is 20.9. The highest BCUT2D eigenvalue weighted by Gasteiger charge is 2.12. The van der Waals surface area contributed by atoms with Crippen molar-refractivity contribution in [3.63, 3.8) is 0 Å². The van der Waals surface area contributed by atoms with Crippen LogP contribution >= 0.6 is 0 Å². The molecule has 2 aromatic carbocycles. The number of ketones is 1. The molecule has 0 radical (unpaired) electrons. The minimum absolute atomic E-state index is 0.0763. The molecule has 0 aliphatic carbocycles. The highest BCUT2D eigenvalue weighted by Crippen LogP contribution is 2.19. The summed E-state index contributed by atoms with van der Waals surface area (Å²) in [5.74, 6) is 0.922. The molecule has 0 aliphatic rings. The number of hydrogen-bond donors (Lipinski definition) is 0. The van der Waals surface area contributed by atoms with Crippen molar-refractivity contribution in [2.24, 2.45) is 0 Å². The molecule has 0 spiro atoms. The van der Waals surface area contributed by atoms with Crippen molar-refractivity contribution in [1.29, 1.82) is 0 Å². The van der Waals surface area contributed by atoms with E-state index >= 15 is 0 Å². The molecule has 0 bridgehead atoms. The summed E-state index contributed by atoms with van der Waals surface area (Å²) in [6, 6.07) is 13.6. The van der Waals surface area contributed by atoms with E-state index in [2.05, 4.69) is 6.92 Å². The van der Waals surface area contributed by atoms with Crippen LogP contribution in [0.3, 0.4) is 0 Å². The van der Waals surface area contributed by atoms with Gasteiger partial charge in [0.05, 0.1) is 6.61 Å². The van der Waals surface area contributed by atoms with Crippen LogP contribution in [0.25, 0.3) is 0 Å². The number of hydrogen-bond acceptors (Lipinski definition) is 2. The van der Waals surface area contributed by atoms with E-state index in [1.54, 1.807) is 0 Å². The SMILES string of the molecule is CCCCCCCCCCCCOc1ccc(C(=O)c2cc(C)ccc2C)cc1. The normalized spacial score (nSPS) is 10.9. The van der Waals surface area contributed by atoms with E-state index in [0.29, 0.717) is 5.56 Å². The zero-order valence-corrected chi connectivity index (χ0v) is 18.6. The third-order valence-corrected chi connectivity index (χ3v) is 5.52. The molecule has 0 aromatic heterocycles. The summed E-state index contributed by atoms with van der Waals surface area (Å²) in [6.45, 7) is 7.01.